The Bertz CT molecular complexity index is 860. The van der Waals surface area contributed by atoms with Crippen molar-refractivity contribution in [3.63, 3.8) is 0 Å². The fourth-order valence-corrected chi connectivity index (χ4v) is 4.07. The molecule has 0 saturated carbocycles. The number of aromatic nitrogens is 1. The Hall–Kier alpha value is -2.54. The first kappa shape index (κ1) is 22.2. The predicted molar refractivity (Wildman–Crippen MR) is 116 cm³/mol. The second-order valence-electron chi connectivity index (χ2n) is 7.68. The lowest BCUT2D eigenvalue weighted by molar-refractivity contribution is -0.137. The van der Waals surface area contributed by atoms with Gasteiger partial charge >= 0.3 is 0 Å². The van der Waals surface area contributed by atoms with E-state index in [4.69, 9.17) is 18.9 Å². The first-order valence-corrected chi connectivity index (χ1v) is 10.7. The van der Waals surface area contributed by atoms with Crippen molar-refractivity contribution in [3.8, 4) is 23.0 Å². The highest BCUT2D eigenvalue weighted by atomic mass is 16.5. The van der Waals surface area contributed by atoms with Crippen molar-refractivity contribution in [1.82, 2.24) is 14.8 Å². The summed E-state index contributed by atoms with van der Waals surface area (Å²) in [6.45, 7) is 9.98. The van der Waals surface area contributed by atoms with Gasteiger partial charge in [0.1, 0.15) is 5.76 Å². The Morgan fingerprint density at radius 2 is 1.97 bits per heavy atom. The number of carbonyl (C=O) groups excluding carboxylic acids is 1. The summed E-state index contributed by atoms with van der Waals surface area (Å²) >= 11 is 0. The molecule has 0 spiro atoms. The van der Waals surface area contributed by atoms with E-state index in [1.165, 1.54) is 0 Å². The van der Waals surface area contributed by atoms with E-state index in [0.29, 0.717) is 23.9 Å². The third-order valence-corrected chi connectivity index (χ3v) is 5.83. The van der Waals surface area contributed by atoms with Crippen molar-refractivity contribution >= 4 is 5.91 Å². The maximum Gasteiger partial charge on any atom is 0.226 e. The number of likely N-dealkylation sites (tertiary alicyclic amines) is 1. The quantitative estimate of drug-likeness (QED) is 0.654. The maximum absolute atomic E-state index is 12.8. The molecule has 1 aromatic heterocycles. The molecule has 2 heterocycles. The molecular formula is C23H33N3O4. The molecule has 0 aliphatic carbocycles. The van der Waals surface area contributed by atoms with Crippen LogP contribution in [0.1, 0.15) is 38.1 Å². The van der Waals surface area contributed by atoms with Crippen molar-refractivity contribution in [3.05, 3.63) is 29.7 Å². The summed E-state index contributed by atoms with van der Waals surface area (Å²) < 4.78 is 16.6. The zero-order valence-electron chi connectivity index (χ0n) is 18.7. The van der Waals surface area contributed by atoms with Gasteiger partial charge in [0, 0.05) is 31.7 Å². The molecule has 0 N–H and O–H groups in total. The standard InChI is InChI=1S/C23H33N3O4/c1-6-26(7-2)23(27)18-9-8-12-25(14-18)15-19-16(3)30-22(24-19)17-10-11-20(28-4)21(13-17)29-5/h10-11,13,18H,6-9,12,14-15H2,1-5H3/t18-/m0/s1. The van der Waals surface area contributed by atoms with Crippen molar-refractivity contribution in [1.29, 1.82) is 0 Å². The number of nitrogens with zero attached hydrogens (tertiary/aromatic N) is 3. The molecule has 30 heavy (non-hydrogen) atoms. The summed E-state index contributed by atoms with van der Waals surface area (Å²) in [5.74, 6) is 3.01. The van der Waals surface area contributed by atoms with Gasteiger partial charge in [-0.3, -0.25) is 9.69 Å². The fraction of sp³-hybridized carbons (Fsp3) is 0.565. The first-order valence-electron chi connectivity index (χ1n) is 10.7. The number of amides is 1. The number of benzene rings is 1. The number of piperidine rings is 1. The summed E-state index contributed by atoms with van der Waals surface area (Å²) in [6.07, 6.45) is 1.98. The van der Waals surface area contributed by atoms with Gasteiger partial charge in [0.25, 0.3) is 0 Å². The minimum Gasteiger partial charge on any atom is -0.493 e. The van der Waals surface area contributed by atoms with Gasteiger partial charge in [-0.1, -0.05) is 0 Å². The first-order chi connectivity index (χ1) is 14.5. The number of carbonyl (C=O) groups is 1. The van der Waals surface area contributed by atoms with E-state index in [0.717, 1.165) is 56.0 Å². The van der Waals surface area contributed by atoms with Crippen LogP contribution in [0.25, 0.3) is 11.5 Å². The van der Waals surface area contributed by atoms with Crippen LogP contribution < -0.4 is 9.47 Å². The molecule has 2 aromatic rings. The van der Waals surface area contributed by atoms with E-state index in [2.05, 4.69) is 4.90 Å². The Labute approximate surface area is 179 Å². The van der Waals surface area contributed by atoms with Gasteiger partial charge in [0.15, 0.2) is 11.5 Å². The lowest BCUT2D eigenvalue weighted by atomic mass is 9.96. The average molecular weight is 416 g/mol. The Kier molecular flexibility index (Phi) is 7.37. The zero-order chi connectivity index (χ0) is 21.7. The summed E-state index contributed by atoms with van der Waals surface area (Å²) in [4.78, 5) is 21.8. The highest BCUT2D eigenvalue weighted by Crippen LogP contribution is 2.33. The fourth-order valence-electron chi connectivity index (χ4n) is 4.07. The van der Waals surface area contributed by atoms with Crippen LogP contribution in [-0.2, 0) is 11.3 Å². The second kappa shape index (κ2) is 9.98. The second-order valence-corrected chi connectivity index (χ2v) is 7.68. The summed E-state index contributed by atoms with van der Waals surface area (Å²) in [5, 5.41) is 0. The number of hydrogen-bond donors (Lipinski definition) is 0. The molecule has 7 nitrogen and oxygen atoms in total. The molecule has 7 heteroatoms. The average Bonchev–Trinajstić information content (AvgIpc) is 3.14. The van der Waals surface area contributed by atoms with Crippen molar-refractivity contribution in [2.24, 2.45) is 5.92 Å². The van der Waals surface area contributed by atoms with Crippen LogP contribution >= 0.6 is 0 Å². The third kappa shape index (κ3) is 4.78. The summed E-state index contributed by atoms with van der Waals surface area (Å²) in [5.41, 5.74) is 1.76. The minimum absolute atomic E-state index is 0.0659. The van der Waals surface area contributed by atoms with E-state index in [-0.39, 0.29) is 11.8 Å². The van der Waals surface area contributed by atoms with E-state index >= 15 is 0 Å². The summed E-state index contributed by atoms with van der Waals surface area (Å²) in [6, 6.07) is 5.63. The lowest BCUT2D eigenvalue weighted by Crippen LogP contribution is -2.44. The Morgan fingerprint density at radius 3 is 2.63 bits per heavy atom. The zero-order valence-corrected chi connectivity index (χ0v) is 18.7. The topological polar surface area (TPSA) is 68.0 Å². The third-order valence-electron chi connectivity index (χ3n) is 5.83. The SMILES string of the molecule is CCN(CC)C(=O)[C@H]1CCCN(Cc2nc(-c3ccc(OC)c(OC)c3)oc2C)C1. The Balaban J connectivity index is 1.72. The van der Waals surface area contributed by atoms with Gasteiger partial charge in [-0.15, -0.1) is 0 Å². The molecule has 1 aromatic carbocycles. The van der Waals surface area contributed by atoms with Gasteiger partial charge in [-0.05, 0) is 58.4 Å². The molecule has 1 amide bonds. The van der Waals surface area contributed by atoms with Crippen LogP contribution in [-0.4, -0.2) is 61.1 Å². The molecule has 3 rings (SSSR count). The van der Waals surface area contributed by atoms with Crippen LogP contribution in [0.4, 0.5) is 0 Å². The number of ether oxygens (including phenoxy) is 2. The molecule has 1 saturated heterocycles. The van der Waals surface area contributed by atoms with Gasteiger partial charge in [-0.25, -0.2) is 4.98 Å². The monoisotopic (exact) mass is 415 g/mol. The predicted octanol–water partition coefficient (Wildman–Crippen LogP) is 3.75. The van der Waals surface area contributed by atoms with Crippen LogP contribution in [0.2, 0.25) is 0 Å². The maximum atomic E-state index is 12.8. The molecule has 0 bridgehead atoms. The smallest absolute Gasteiger partial charge is 0.226 e. The van der Waals surface area contributed by atoms with E-state index in [1.807, 2.05) is 43.9 Å². The van der Waals surface area contributed by atoms with Crippen molar-refractivity contribution < 1.29 is 18.7 Å². The number of rotatable bonds is 8. The van der Waals surface area contributed by atoms with Gasteiger partial charge in [-0.2, -0.15) is 0 Å². The number of oxazole rings is 1. The largest absolute Gasteiger partial charge is 0.493 e. The van der Waals surface area contributed by atoms with Crippen molar-refractivity contribution in [2.75, 3.05) is 40.4 Å². The van der Waals surface area contributed by atoms with Crippen LogP contribution in [0.3, 0.4) is 0 Å². The lowest BCUT2D eigenvalue weighted by Gasteiger charge is -2.34. The van der Waals surface area contributed by atoms with Crippen LogP contribution in [0, 0.1) is 12.8 Å². The molecule has 0 radical (unpaired) electrons. The molecular weight excluding hydrogens is 382 g/mol. The highest BCUT2D eigenvalue weighted by molar-refractivity contribution is 5.79. The van der Waals surface area contributed by atoms with Gasteiger partial charge in [0.05, 0.1) is 25.8 Å². The van der Waals surface area contributed by atoms with E-state index < -0.39 is 0 Å². The summed E-state index contributed by atoms with van der Waals surface area (Å²) in [7, 11) is 3.22. The molecule has 1 aliphatic rings. The van der Waals surface area contributed by atoms with Crippen LogP contribution in [0.5, 0.6) is 11.5 Å². The minimum atomic E-state index is 0.0659. The number of aryl methyl sites for hydroxylation is 1. The van der Waals surface area contributed by atoms with E-state index in [1.54, 1.807) is 14.2 Å². The van der Waals surface area contributed by atoms with E-state index in [9.17, 15) is 4.79 Å². The Morgan fingerprint density at radius 1 is 1.23 bits per heavy atom. The highest BCUT2D eigenvalue weighted by Gasteiger charge is 2.29. The molecule has 1 aliphatic heterocycles. The van der Waals surface area contributed by atoms with Crippen molar-refractivity contribution in [2.45, 2.75) is 40.2 Å². The van der Waals surface area contributed by atoms with Crippen LogP contribution in [0.15, 0.2) is 22.6 Å². The number of methoxy groups -OCH3 is 2. The van der Waals surface area contributed by atoms with Gasteiger partial charge < -0.3 is 18.8 Å². The molecule has 1 fully saturated rings. The molecule has 1 atom stereocenters. The molecule has 164 valence electrons. The number of hydrogen-bond acceptors (Lipinski definition) is 6. The normalized spacial score (nSPS) is 17.0. The molecule has 0 unspecified atom stereocenters. The van der Waals surface area contributed by atoms with Gasteiger partial charge in [0.2, 0.25) is 11.8 Å².